The van der Waals surface area contributed by atoms with Crippen LogP contribution in [0.4, 0.5) is 5.69 Å². The monoisotopic (exact) mass is 393 g/mol. The molecule has 0 saturated carbocycles. The number of anilines is 1. The molecule has 0 aliphatic carbocycles. The third-order valence-electron chi connectivity index (χ3n) is 5.41. The minimum absolute atomic E-state index is 0.280. The van der Waals surface area contributed by atoms with E-state index in [0.29, 0.717) is 23.5 Å². The quantitative estimate of drug-likeness (QED) is 0.556. The predicted molar refractivity (Wildman–Crippen MR) is 95.1 cm³/mol. The summed E-state index contributed by atoms with van der Waals surface area (Å²) in [4.78, 5) is 30.5. The fourth-order valence-corrected chi connectivity index (χ4v) is 4.30. The molecule has 2 fully saturated rings. The Morgan fingerprint density at radius 1 is 1.25 bits per heavy atom. The van der Waals surface area contributed by atoms with E-state index in [2.05, 4.69) is 0 Å². The Hall–Kier alpha value is -2.20. The van der Waals surface area contributed by atoms with Crippen molar-refractivity contribution in [3.05, 3.63) is 23.3 Å². The summed E-state index contributed by atoms with van der Waals surface area (Å²) in [5, 5.41) is 1.57. The van der Waals surface area contributed by atoms with Crippen molar-refractivity contribution in [2.45, 2.75) is 43.5 Å². The number of nitrogens with zero attached hydrogens (tertiary/aromatic N) is 1. The van der Waals surface area contributed by atoms with Crippen LogP contribution in [-0.4, -0.2) is 63.9 Å². The van der Waals surface area contributed by atoms with Gasteiger partial charge in [-0.15, -0.1) is 0 Å². The molecule has 9 heteroatoms. The van der Waals surface area contributed by atoms with E-state index in [-0.39, 0.29) is 5.56 Å². The van der Waals surface area contributed by atoms with Crippen molar-refractivity contribution in [1.82, 2.24) is 0 Å². The highest BCUT2D eigenvalue weighted by molar-refractivity contribution is 5.92. The number of carbonyl (C=O) groups is 2. The van der Waals surface area contributed by atoms with Crippen LogP contribution in [0.2, 0.25) is 0 Å². The van der Waals surface area contributed by atoms with Gasteiger partial charge < -0.3 is 28.5 Å². The van der Waals surface area contributed by atoms with E-state index in [1.807, 2.05) is 0 Å². The molecule has 0 N–H and O–H groups in total. The van der Waals surface area contributed by atoms with Gasteiger partial charge in [0, 0.05) is 12.7 Å². The Bertz CT molecular complexity index is 824. The molecule has 0 unspecified atom stereocenters. The molecule has 1 aromatic rings. The van der Waals surface area contributed by atoms with Gasteiger partial charge in [0.05, 0.1) is 32.0 Å². The van der Waals surface area contributed by atoms with Crippen molar-refractivity contribution in [2.75, 3.05) is 32.9 Å². The number of methoxy groups -OCH3 is 3. The molecule has 28 heavy (non-hydrogen) atoms. The molecule has 2 bridgehead atoms. The second-order valence-corrected chi connectivity index (χ2v) is 7.39. The highest BCUT2D eigenvalue weighted by Gasteiger charge is 2.65. The first-order valence-corrected chi connectivity index (χ1v) is 8.93. The fourth-order valence-electron chi connectivity index (χ4n) is 4.30. The average molecular weight is 393 g/mol. The van der Waals surface area contributed by atoms with Gasteiger partial charge in [-0.1, -0.05) is 0 Å². The van der Waals surface area contributed by atoms with Crippen LogP contribution < -0.4 is 9.80 Å². The summed E-state index contributed by atoms with van der Waals surface area (Å²) in [6, 6.07) is 3.15. The first kappa shape index (κ1) is 19.1. The zero-order valence-corrected chi connectivity index (χ0v) is 16.4. The molecule has 0 aromatic heterocycles. The van der Waals surface area contributed by atoms with E-state index >= 15 is 0 Å². The molecule has 3 aliphatic heterocycles. The lowest BCUT2D eigenvalue weighted by molar-refractivity contribution is -0.314. The third kappa shape index (κ3) is 2.54. The van der Waals surface area contributed by atoms with Crippen LogP contribution in [0.25, 0.3) is 0 Å². The van der Waals surface area contributed by atoms with Crippen molar-refractivity contribution in [3.63, 3.8) is 0 Å². The van der Waals surface area contributed by atoms with Gasteiger partial charge >= 0.3 is 5.97 Å². The highest BCUT2D eigenvalue weighted by atomic mass is 16.8. The lowest BCUT2D eigenvalue weighted by atomic mass is 9.81. The van der Waals surface area contributed by atoms with E-state index < -0.39 is 35.7 Å². The van der Waals surface area contributed by atoms with Crippen molar-refractivity contribution in [1.29, 1.82) is 0 Å². The Kier molecular flexibility index (Phi) is 4.38. The lowest BCUT2D eigenvalue weighted by Gasteiger charge is -2.53. The largest absolute Gasteiger partial charge is 0.496 e. The Labute approximate surface area is 162 Å². The van der Waals surface area contributed by atoms with Crippen LogP contribution >= 0.6 is 0 Å². The van der Waals surface area contributed by atoms with E-state index in [9.17, 15) is 9.59 Å². The van der Waals surface area contributed by atoms with E-state index in [4.69, 9.17) is 28.5 Å². The molecule has 2 saturated heterocycles. The highest BCUT2D eigenvalue weighted by Crippen LogP contribution is 2.54. The van der Waals surface area contributed by atoms with Gasteiger partial charge in [-0.3, -0.25) is 0 Å². The summed E-state index contributed by atoms with van der Waals surface area (Å²) in [5.74, 6) is -3.31. The Balaban J connectivity index is 1.92. The van der Waals surface area contributed by atoms with Crippen LogP contribution in [0.3, 0.4) is 0 Å². The Morgan fingerprint density at radius 3 is 2.61 bits per heavy atom. The first-order valence-electron chi connectivity index (χ1n) is 8.93. The number of carbonyl (C=O) groups excluding carboxylic acids is 2. The zero-order chi connectivity index (χ0) is 20.3. The van der Waals surface area contributed by atoms with Crippen LogP contribution in [0.5, 0.6) is 5.75 Å². The maximum absolute atomic E-state index is 12.3. The zero-order valence-electron chi connectivity index (χ0n) is 16.4. The van der Waals surface area contributed by atoms with E-state index in [1.54, 1.807) is 31.0 Å². The number of aldehydes is 1. The minimum Gasteiger partial charge on any atom is -0.496 e. The number of rotatable bonds is 4. The summed E-state index contributed by atoms with van der Waals surface area (Å²) in [6.07, 6.45) is -0.277. The standard InChI is InChI=1S/C19H23NO8/c1-18(2)26-14-8-20-12-6-10(17(22)24-4)7-13(23-3)15(12)11(9-21)19(25-5,28-20)16(14)27-18/h6-7,9,11,14,16H,8H2,1-5H3/t11-,14-,16-,19-/m0/s1. The molecular formula is C19H23NO8. The van der Waals surface area contributed by atoms with Crippen LogP contribution in [0, 0.1) is 0 Å². The van der Waals surface area contributed by atoms with Gasteiger partial charge in [-0.2, -0.15) is 0 Å². The topological polar surface area (TPSA) is 92.8 Å². The van der Waals surface area contributed by atoms with Crippen LogP contribution in [-0.2, 0) is 28.6 Å². The number of hydroxylamine groups is 1. The predicted octanol–water partition coefficient (Wildman–Crippen LogP) is 1.39. The fraction of sp³-hybridized carbons (Fsp3) is 0.579. The summed E-state index contributed by atoms with van der Waals surface area (Å²) in [6.45, 7) is 3.92. The van der Waals surface area contributed by atoms with Gasteiger partial charge in [0.2, 0.25) is 5.79 Å². The van der Waals surface area contributed by atoms with Crippen molar-refractivity contribution < 1.29 is 38.1 Å². The number of hydrogen-bond acceptors (Lipinski definition) is 9. The minimum atomic E-state index is -1.43. The summed E-state index contributed by atoms with van der Waals surface area (Å²) in [7, 11) is 4.23. The van der Waals surface area contributed by atoms with E-state index in [1.165, 1.54) is 21.3 Å². The number of fused-ring (bicyclic) bond motifs is 6. The molecule has 4 atom stereocenters. The molecule has 0 radical (unpaired) electrons. The second kappa shape index (κ2) is 6.41. The number of esters is 1. The molecule has 1 aromatic carbocycles. The Morgan fingerprint density at radius 2 is 2.00 bits per heavy atom. The van der Waals surface area contributed by atoms with Crippen LogP contribution in [0.15, 0.2) is 12.1 Å². The smallest absolute Gasteiger partial charge is 0.338 e. The molecule has 4 rings (SSSR count). The average Bonchev–Trinajstić information content (AvgIpc) is 3.01. The summed E-state index contributed by atoms with van der Waals surface area (Å²) < 4.78 is 28.2. The molecule has 0 amide bonds. The van der Waals surface area contributed by atoms with Gasteiger partial charge in [0.15, 0.2) is 5.79 Å². The van der Waals surface area contributed by atoms with Crippen LogP contribution in [0.1, 0.15) is 35.7 Å². The summed E-state index contributed by atoms with van der Waals surface area (Å²) >= 11 is 0. The third-order valence-corrected chi connectivity index (χ3v) is 5.41. The molecule has 3 aliphatic rings. The molecular weight excluding hydrogens is 370 g/mol. The molecule has 0 spiro atoms. The maximum atomic E-state index is 12.3. The van der Waals surface area contributed by atoms with Crippen molar-refractivity contribution in [2.24, 2.45) is 0 Å². The van der Waals surface area contributed by atoms with Crippen molar-refractivity contribution >= 4 is 17.9 Å². The molecule has 9 nitrogen and oxygen atoms in total. The van der Waals surface area contributed by atoms with Gasteiger partial charge in [0.1, 0.15) is 30.2 Å². The summed E-state index contributed by atoms with van der Waals surface area (Å²) in [5.41, 5.74) is 1.36. The van der Waals surface area contributed by atoms with Gasteiger partial charge in [-0.25, -0.2) is 14.7 Å². The number of ether oxygens (including phenoxy) is 5. The first-order chi connectivity index (χ1) is 13.3. The lowest BCUT2D eigenvalue weighted by Crippen LogP contribution is -2.67. The van der Waals surface area contributed by atoms with Gasteiger partial charge in [0.25, 0.3) is 0 Å². The molecule has 3 heterocycles. The van der Waals surface area contributed by atoms with Gasteiger partial charge in [-0.05, 0) is 26.0 Å². The molecule has 152 valence electrons. The number of benzene rings is 1. The maximum Gasteiger partial charge on any atom is 0.338 e. The number of hydrogen-bond donors (Lipinski definition) is 0. The van der Waals surface area contributed by atoms with Crippen molar-refractivity contribution in [3.8, 4) is 5.75 Å². The van der Waals surface area contributed by atoms with E-state index in [0.717, 1.165) is 6.29 Å². The normalized spacial score (nSPS) is 32.3. The SMILES string of the molecule is COC(=O)c1cc(OC)c2c(c1)N1C[C@@H]3OC(C)(C)O[C@@H]3[C@@](OC)(O1)[C@H]2C=O. The second-order valence-electron chi connectivity index (χ2n) is 7.39.